The van der Waals surface area contributed by atoms with Crippen molar-refractivity contribution in [3.05, 3.63) is 92.2 Å². The number of rotatable bonds is 2. The Hall–Kier alpha value is -4.99. The lowest BCUT2D eigenvalue weighted by atomic mass is 9.65. The maximum absolute atomic E-state index is 14.8. The second-order valence-electron chi connectivity index (χ2n) is 17.6. The van der Waals surface area contributed by atoms with Gasteiger partial charge in [0.1, 0.15) is 51.6 Å². The standard InChI is InChI=1S/C45H46N6O7S2/c1-22-13-32(52)38-33(55-22)17-34-39(40(38)53)37-24-4-6-26(7-5-24)45-35(58-45)8-3-23-14-30(50-36(46)15-23)28-16-27(19-51-18-25-9-11-48-31(25)20-51)49-42(47)29(28)21-60-59-12-10-44(2,57-34)41(37)56-43(45)54/h9,11,13-17,20,24,26,35,37,41,53H,3-8,10,12,18-19,21H2,1-2H3,(H2,46,50)(H2,47,49)/t24?,26?,35-,37+,41-,44+,45-/m1/s1. The highest BCUT2D eigenvalue weighted by Crippen LogP contribution is 2.60. The molecule has 1 aliphatic carbocycles. The Labute approximate surface area is 354 Å². The highest BCUT2D eigenvalue weighted by Gasteiger charge is 2.70. The molecule has 10 heterocycles. The van der Waals surface area contributed by atoms with Crippen LogP contribution in [0.15, 0.2) is 68.1 Å². The highest BCUT2D eigenvalue weighted by molar-refractivity contribution is 8.76. The van der Waals surface area contributed by atoms with Crippen molar-refractivity contribution >= 4 is 56.4 Å². The molecule has 13 nitrogen and oxygen atoms in total. The number of fused-ring (bicyclic) bond motifs is 9. The van der Waals surface area contributed by atoms with E-state index in [2.05, 4.69) is 28.2 Å². The molecule has 4 aromatic rings. The largest absolute Gasteiger partial charge is 0.507 e. The summed E-state index contributed by atoms with van der Waals surface area (Å²) in [5.41, 5.74) is 18.3. The molecule has 0 unspecified atom stereocenters. The average Bonchev–Trinajstić information content (AvgIpc) is 3.55. The van der Waals surface area contributed by atoms with Gasteiger partial charge >= 0.3 is 5.97 Å². The number of nitrogen functional groups attached to an aromatic ring is 2. The van der Waals surface area contributed by atoms with Crippen LogP contribution in [0.25, 0.3) is 22.2 Å². The van der Waals surface area contributed by atoms with Crippen molar-refractivity contribution in [2.24, 2.45) is 16.8 Å². The molecule has 5 atom stereocenters. The third-order valence-corrected chi connectivity index (χ3v) is 16.1. The predicted molar refractivity (Wildman–Crippen MR) is 232 cm³/mol. The number of esters is 1. The second-order valence-corrected chi connectivity index (χ2v) is 20.2. The van der Waals surface area contributed by atoms with Gasteiger partial charge in [0.25, 0.3) is 0 Å². The van der Waals surface area contributed by atoms with Crippen molar-refractivity contribution < 1.29 is 28.5 Å². The van der Waals surface area contributed by atoms with Crippen molar-refractivity contribution in [1.82, 2.24) is 14.9 Å². The topological polar surface area (TPSA) is 192 Å². The van der Waals surface area contributed by atoms with Crippen molar-refractivity contribution in [2.75, 3.05) is 23.8 Å². The summed E-state index contributed by atoms with van der Waals surface area (Å²) in [4.78, 5) is 44.6. The van der Waals surface area contributed by atoms with Crippen LogP contribution in [0.2, 0.25) is 0 Å². The average molecular weight is 847 g/mol. The van der Waals surface area contributed by atoms with Gasteiger partial charge in [0.15, 0.2) is 11.0 Å². The summed E-state index contributed by atoms with van der Waals surface area (Å²) in [7, 11) is 3.35. The molecular formula is C45H46N6O7S2. The predicted octanol–water partition coefficient (Wildman–Crippen LogP) is 7.12. The normalized spacial score (nSPS) is 30.3. The van der Waals surface area contributed by atoms with E-state index in [1.165, 1.54) is 11.6 Å². The Morgan fingerprint density at radius 3 is 2.72 bits per heavy atom. The van der Waals surface area contributed by atoms with E-state index >= 15 is 0 Å². The van der Waals surface area contributed by atoms with Gasteiger partial charge in [-0.05, 0) is 88.1 Å². The fourth-order valence-electron chi connectivity index (χ4n) is 10.9. The van der Waals surface area contributed by atoms with E-state index in [1.807, 2.05) is 25.3 Å². The molecule has 3 aromatic heterocycles. The number of epoxide rings is 1. The smallest absolute Gasteiger partial charge is 0.341 e. The maximum Gasteiger partial charge on any atom is 0.341 e. The third-order valence-electron chi connectivity index (χ3n) is 13.8. The van der Waals surface area contributed by atoms with Gasteiger partial charge in [0, 0.05) is 83.1 Å². The number of aliphatic imine (C=N–C) groups is 1. The summed E-state index contributed by atoms with van der Waals surface area (Å²) in [5, 5.41) is 12.1. The lowest BCUT2D eigenvalue weighted by Gasteiger charge is -2.48. The van der Waals surface area contributed by atoms with Gasteiger partial charge in [-0.15, -0.1) is 0 Å². The lowest BCUT2D eigenvalue weighted by Crippen LogP contribution is -2.55. The first-order valence-electron chi connectivity index (χ1n) is 20.8. The van der Waals surface area contributed by atoms with E-state index in [9.17, 15) is 14.7 Å². The number of nitrogens with two attached hydrogens (primary N) is 2. The summed E-state index contributed by atoms with van der Waals surface area (Å²) in [6.07, 6.45) is 9.79. The number of carbonyl (C=O) groups excluding carboxylic acids is 1. The number of nitrogens with zero attached hydrogens (tertiary/aromatic N) is 4. The van der Waals surface area contributed by atoms with Crippen LogP contribution >= 0.6 is 21.6 Å². The molecule has 1 aromatic carbocycles. The van der Waals surface area contributed by atoms with Gasteiger partial charge in [-0.3, -0.25) is 9.79 Å². The highest BCUT2D eigenvalue weighted by atomic mass is 33.1. The van der Waals surface area contributed by atoms with Crippen LogP contribution in [-0.2, 0) is 33.0 Å². The second kappa shape index (κ2) is 14.0. The first-order valence-corrected chi connectivity index (χ1v) is 23.3. The molecule has 15 heteroatoms. The summed E-state index contributed by atoms with van der Waals surface area (Å²) in [5.74, 6) is 2.09. The van der Waals surface area contributed by atoms with E-state index in [4.69, 9.17) is 40.1 Å². The molecule has 7 aliphatic heterocycles. The molecule has 5 N–H and O–H groups in total. The number of carbonyl (C=O) groups is 1. The maximum atomic E-state index is 14.8. The molecule has 0 amide bonds. The Balaban J connectivity index is 0.982. The van der Waals surface area contributed by atoms with Crippen LogP contribution in [0.5, 0.6) is 11.5 Å². The fourth-order valence-corrected chi connectivity index (χ4v) is 13.2. The van der Waals surface area contributed by atoms with Gasteiger partial charge in [-0.2, -0.15) is 0 Å². The first-order chi connectivity index (χ1) is 29.0. The SMILES string of the molecule is Cc1cc(=O)c2c(O)c3c(cc2o1)O[C@@]1(C)CCSSCc2c(cc(CN4C=C5N=CC=C5C4)nc2N)-c2cc(cc(N)n2)CC[C@H]2O[C@@]24C(=O)O[C@@H]1[C@H]3C1CCC4CC1. The van der Waals surface area contributed by atoms with E-state index in [0.29, 0.717) is 66.0 Å². The van der Waals surface area contributed by atoms with Crippen LogP contribution in [-0.4, -0.2) is 67.9 Å². The van der Waals surface area contributed by atoms with Crippen molar-refractivity contribution in [3.63, 3.8) is 0 Å². The molecule has 6 bridgehead atoms. The molecule has 310 valence electrons. The molecular weight excluding hydrogens is 801 g/mol. The Morgan fingerprint density at radius 2 is 1.88 bits per heavy atom. The van der Waals surface area contributed by atoms with E-state index in [1.54, 1.807) is 34.6 Å². The number of phenols is 1. The molecule has 1 spiro atoms. The van der Waals surface area contributed by atoms with Crippen molar-refractivity contribution in [1.29, 1.82) is 0 Å². The van der Waals surface area contributed by atoms with Crippen molar-refractivity contribution in [2.45, 2.75) is 100 Å². The van der Waals surface area contributed by atoms with Gasteiger partial charge in [0.2, 0.25) is 0 Å². The third kappa shape index (κ3) is 6.12. The van der Waals surface area contributed by atoms with Gasteiger partial charge in [0.05, 0.1) is 29.7 Å². The van der Waals surface area contributed by atoms with Gasteiger partial charge in [-0.25, -0.2) is 14.8 Å². The van der Waals surface area contributed by atoms with Gasteiger partial charge < -0.3 is 40.1 Å². The van der Waals surface area contributed by atoms with Crippen molar-refractivity contribution in [3.8, 4) is 22.8 Å². The number of aromatic hydroxyl groups is 1. The van der Waals surface area contributed by atoms with Crippen LogP contribution in [0.1, 0.15) is 79.5 Å². The first kappa shape index (κ1) is 38.0. The zero-order valence-corrected chi connectivity index (χ0v) is 35.1. The van der Waals surface area contributed by atoms with E-state index in [-0.39, 0.29) is 46.1 Å². The number of phenolic OH excluding ortho intramolecular Hbond substituents is 1. The molecule has 3 saturated heterocycles. The number of aryl methyl sites for hydroxylation is 2. The molecule has 60 heavy (non-hydrogen) atoms. The minimum absolute atomic E-state index is 0.0106. The fraction of sp³-hybridized carbons (Fsp3) is 0.444. The number of ether oxygens (including phenoxy) is 3. The summed E-state index contributed by atoms with van der Waals surface area (Å²) in [6.45, 7) is 5.04. The van der Waals surface area contributed by atoms with Gasteiger partial charge in [-0.1, -0.05) is 21.6 Å². The Bertz CT molecular complexity index is 2660. The molecule has 4 fully saturated rings. The molecule has 12 rings (SSSR count). The van der Waals surface area contributed by atoms with Crippen LogP contribution in [0.3, 0.4) is 0 Å². The minimum Gasteiger partial charge on any atom is -0.507 e. The molecule has 8 aliphatic rings. The number of benzene rings is 1. The number of allylic oxidation sites excluding steroid dienone is 1. The van der Waals surface area contributed by atoms with E-state index in [0.717, 1.165) is 66.0 Å². The number of hydrogen-bond donors (Lipinski definition) is 3. The van der Waals surface area contributed by atoms with E-state index < -0.39 is 23.2 Å². The zero-order valence-electron chi connectivity index (χ0n) is 33.4. The van der Waals surface area contributed by atoms with Crippen LogP contribution in [0.4, 0.5) is 11.6 Å². The van der Waals surface area contributed by atoms with Crippen LogP contribution < -0.4 is 21.6 Å². The Morgan fingerprint density at radius 1 is 1.03 bits per heavy atom. The molecule has 0 radical (unpaired) electrons. The lowest BCUT2D eigenvalue weighted by molar-refractivity contribution is -0.174. The monoisotopic (exact) mass is 846 g/mol. The number of pyridine rings is 2. The number of hydrogen-bond acceptors (Lipinski definition) is 15. The summed E-state index contributed by atoms with van der Waals surface area (Å²) < 4.78 is 26.3. The quantitative estimate of drug-likeness (QED) is 0.105. The molecule has 1 saturated carbocycles. The summed E-state index contributed by atoms with van der Waals surface area (Å²) in [6, 6.07) is 9.19. The van der Waals surface area contributed by atoms with Crippen LogP contribution in [0, 0.1) is 18.8 Å². The number of aromatic nitrogens is 2. The minimum atomic E-state index is -1.07. The summed E-state index contributed by atoms with van der Waals surface area (Å²) >= 11 is 0. The number of anilines is 2. The zero-order chi connectivity index (χ0) is 41.1. The Kier molecular flexibility index (Phi) is 8.88.